The van der Waals surface area contributed by atoms with E-state index in [-0.39, 0.29) is 11.3 Å². The van der Waals surface area contributed by atoms with Gasteiger partial charge in [-0.25, -0.2) is 9.18 Å². The van der Waals surface area contributed by atoms with Gasteiger partial charge in [-0.05, 0) is 42.8 Å². The summed E-state index contributed by atoms with van der Waals surface area (Å²) in [5, 5.41) is 0. The molecule has 0 spiro atoms. The Morgan fingerprint density at radius 3 is 2.36 bits per heavy atom. The summed E-state index contributed by atoms with van der Waals surface area (Å²) in [6.07, 6.45) is 0.373. The van der Waals surface area contributed by atoms with Crippen LogP contribution < -0.4 is 0 Å². The van der Waals surface area contributed by atoms with E-state index in [0.29, 0.717) is 5.56 Å². The Kier molecular flexibility index (Phi) is 4.75. The number of carbonyl (C=O) groups excluding carboxylic acids is 2. The van der Waals surface area contributed by atoms with Gasteiger partial charge in [0.1, 0.15) is 5.82 Å². The second-order valence-electron chi connectivity index (χ2n) is 5.45. The van der Waals surface area contributed by atoms with Crippen LogP contribution in [-0.4, -0.2) is 17.9 Å². The van der Waals surface area contributed by atoms with E-state index in [1.807, 2.05) is 30.3 Å². The molecule has 3 aromatic rings. The van der Waals surface area contributed by atoms with Crippen molar-refractivity contribution in [3.05, 3.63) is 84.1 Å². The van der Waals surface area contributed by atoms with Crippen LogP contribution in [0.1, 0.15) is 27.8 Å². The molecule has 25 heavy (non-hydrogen) atoms. The first-order valence-corrected chi connectivity index (χ1v) is 7.70. The lowest BCUT2D eigenvalue weighted by atomic mass is 10.1. The molecule has 0 amide bonds. The molecule has 0 fully saturated rings. The maximum Gasteiger partial charge on any atom is 0.375 e. The molecule has 0 radical (unpaired) electrons. The Morgan fingerprint density at radius 1 is 1.00 bits per heavy atom. The van der Waals surface area contributed by atoms with Crippen LogP contribution in [0.4, 0.5) is 4.39 Å². The summed E-state index contributed by atoms with van der Waals surface area (Å²) in [6, 6.07) is 16.0. The highest BCUT2D eigenvalue weighted by Crippen LogP contribution is 2.25. The second kappa shape index (κ2) is 7.13. The third kappa shape index (κ3) is 3.66. The molecule has 126 valence electrons. The van der Waals surface area contributed by atoms with Gasteiger partial charge >= 0.3 is 5.97 Å². The number of furan rings is 1. The van der Waals surface area contributed by atoms with Crippen LogP contribution in [0.15, 0.2) is 71.3 Å². The molecule has 0 saturated heterocycles. The summed E-state index contributed by atoms with van der Waals surface area (Å²) in [5.41, 5.74) is 1.66. The van der Waals surface area contributed by atoms with Gasteiger partial charge in [-0.1, -0.05) is 30.3 Å². The van der Waals surface area contributed by atoms with Gasteiger partial charge in [0.15, 0.2) is 6.10 Å². The number of ketones is 1. The molecule has 0 aliphatic rings. The number of rotatable bonds is 5. The van der Waals surface area contributed by atoms with Gasteiger partial charge in [-0.2, -0.15) is 0 Å². The number of hydrogen-bond donors (Lipinski definition) is 0. The minimum atomic E-state index is -1.02. The molecule has 1 heterocycles. The lowest BCUT2D eigenvalue weighted by Crippen LogP contribution is -2.24. The molecular weight excluding hydrogens is 323 g/mol. The monoisotopic (exact) mass is 338 g/mol. The Morgan fingerprint density at radius 2 is 1.68 bits per heavy atom. The number of carbonyl (C=O) groups is 2. The van der Waals surface area contributed by atoms with E-state index < -0.39 is 23.7 Å². The first-order valence-electron chi connectivity index (χ1n) is 7.70. The standard InChI is InChI=1S/C20H15FO4/c1-13(18(22)15-7-9-16(21)10-8-15)25-20(23)19-17(11-12-24-19)14-5-3-2-4-6-14/h2-13H,1H3/t13-/m1/s1. The predicted molar refractivity (Wildman–Crippen MR) is 89.8 cm³/mol. The molecule has 1 atom stereocenters. The van der Waals surface area contributed by atoms with Crippen molar-refractivity contribution < 1.29 is 23.1 Å². The molecule has 2 aromatic carbocycles. The molecule has 0 aliphatic carbocycles. The largest absolute Gasteiger partial charge is 0.457 e. The normalized spacial score (nSPS) is 11.8. The lowest BCUT2D eigenvalue weighted by molar-refractivity contribution is 0.0290. The van der Waals surface area contributed by atoms with Crippen molar-refractivity contribution in [2.45, 2.75) is 13.0 Å². The molecule has 0 saturated carbocycles. The number of halogens is 1. The van der Waals surface area contributed by atoms with Crippen molar-refractivity contribution in [1.29, 1.82) is 0 Å². The van der Waals surface area contributed by atoms with Gasteiger partial charge in [-0.3, -0.25) is 4.79 Å². The fraction of sp³-hybridized carbons (Fsp3) is 0.100. The Hall–Kier alpha value is -3.21. The quantitative estimate of drug-likeness (QED) is 0.507. The van der Waals surface area contributed by atoms with Crippen molar-refractivity contribution in [1.82, 2.24) is 0 Å². The first kappa shape index (κ1) is 16.6. The van der Waals surface area contributed by atoms with Crippen LogP contribution >= 0.6 is 0 Å². The smallest absolute Gasteiger partial charge is 0.375 e. The SMILES string of the molecule is C[C@@H](OC(=O)c1occc1-c1ccccc1)C(=O)c1ccc(F)cc1. The average molecular weight is 338 g/mol. The van der Waals surface area contributed by atoms with Crippen molar-refractivity contribution in [2.75, 3.05) is 0 Å². The van der Waals surface area contributed by atoms with E-state index in [1.54, 1.807) is 6.07 Å². The van der Waals surface area contributed by atoms with Gasteiger partial charge in [0.05, 0.1) is 6.26 Å². The maximum absolute atomic E-state index is 12.9. The highest BCUT2D eigenvalue weighted by molar-refractivity contribution is 6.02. The van der Waals surface area contributed by atoms with Crippen LogP contribution in [0.2, 0.25) is 0 Å². The number of benzene rings is 2. The molecule has 0 aliphatic heterocycles. The third-order valence-corrected chi connectivity index (χ3v) is 3.72. The zero-order valence-corrected chi connectivity index (χ0v) is 13.4. The zero-order valence-electron chi connectivity index (χ0n) is 13.4. The molecule has 0 bridgehead atoms. The maximum atomic E-state index is 12.9. The van der Waals surface area contributed by atoms with Crippen LogP contribution in [0, 0.1) is 5.82 Å². The molecule has 0 N–H and O–H groups in total. The Labute approximate surface area is 143 Å². The predicted octanol–water partition coefficient (Wildman–Crippen LogP) is 4.51. The van der Waals surface area contributed by atoms with E-state index >= 15 is 0 Å². The van der Waals surface area contributed by atoms with Crippen LogP contribution in [0.25, 0.3) is 11.1 Å². The zero-order chi connectivity index (χ0) is 17.8. The van der Waals surface area contributed by atoms with E-state index in [9.17, 15) is 14.0 Å². The third-order valence-electron chi connectivity index (χ3n) is 3.72. The highest BCUT2D eigenvalue weighted by atomic mass is 19.1. The molecular formula is C20H15FO4. The summed E-state index contributed by atoms with van der Waals surface area (Å²) < 4.78 is 23.4. The molecule has 1 aromatic heterocycles. The fourth-order valence-corrected chi connectivity index (χ4v) is 2.43. The Bertz CT molecular complexity index is 882. The van der Waals surface area contributed by atoms with E-state index in [2.05, 4.69) is 0 Å². The number of hydrogen-bond acceptors (Lipinski definition) is 4. The summed E-state index contributed by atoms with van der Waals surface area (Å²) >= 11 is 0. The molecule has 5 heteroatoms. The van der Waals surface area contributed by atoms with Crippen molar-refractivity contribution in [3.63, 3.8) is 0 Å². The van der Waals surface area contributed by atoms with Gasteiger partial charge in [0.25, 0.3) is 0 Å². The number of ether oxygens (including phenoxy) is 1. The van der Waals surface area contributed by atoms with Crippen molar-refractivity contribution in [2.24, 2.45) is 0 Å². The number of esters is 1. The molecule has 0 unspecified atom stereocenters. The van der Waals surface area contributed by atoms with E-state index in [1.165, 1.54) is 37.5 Å². The highest BCUT2D eigenvalue weighted by Gasteiger charge is 2.24. The molecule has 3 rings (SSSR count). The van der Waals surface area contributed by atoms with Gasteiger partial charge < -0.3 is 9.15 Å². The van der Waals surface area contributed by atoms with Crippen molar-refractivity contribution >= 4 is 11.8 Å². The van der Waals surface area contributed by atoms with Crippen LogP contribution in [-0.2, 0) is 4.74 Å². The van der Waals surface area contributed by atoms with E-state index in [4.69, 9.17) is 9.15 Å². The summed E-state index contributed by atoms with van der Waals surface area (Å²) in [5.74, 6) is -1.55. The van der Waals surface area contributed by atoms with Gasteiger partial charge in [0.2, 0.25) is 11.5 Å². The van der Waals surface area contributed by atoms with Crippen molar-refractivity contribution in [3.8, 4) is 11.1 Å². The summed E-state index contributed by atoms with van der Waals surface area (Å²) in [7, 11) is 0. The summed E-state index contributed by atoms with van der Waals surface area (Å²) in [4.78, 5) is 24.7. The van der Waals surface area contributed by atoms with E-state index in [0.717, 1.165) is 5.56 Å². The van der Waals surface area contributed by atoms with Gasteiger partial charge in [-0.15, -0.1) is 0 Å². The van der Waals surface area contributed by atoms with Gasteiger partial charge in [0, 0.05) is 11.1 Å². The lowest BCUT2D eigenvalue weighted by Gasteiger charge is -2.12. The fourth-order valence-electron chi connectivity index (χ4n) is 2.43. The minimum absolute atomic E-state index is 0.0324. The molecule has 4 nitrogen and oxygen atoms in total. The number of Topliss-reactive ketones (excluding diaryl/α,β-unsaturated/α-hetero) is 1. The van der Waals surface area contributed by atoms with Crippen LogP contribution in [0.3, 0.4) is 0 Å². The summed E-state index contributed by atoms with van der Waals surface area (Å²) in [6.45, 7) is 1.47. The minimum Gasteiger partial charge on any atom is -0.457 e. The second-order valence-corrected chi connectivity index (χ2v) is 5.45. The average Bonchev–Trinajstić information content (AvgIpc) is 3.12. The van der Waals surface area contributed by atoms with Crippen LogP contribution in [0.5, 0.6) is 0 Å². The topological polar surface area (TPSA) is 56.5 Å². The Balaban J connectivity index is 1.76. The first-order chi connectivity index (χ1) is 12.1.